The van der Waals surface area contributed by atoms with E-state index in [4.69, 9.17) is 0 Å². The third-order valence-corrected chi connectivity index (χ3v) is 4.18. The summed E-state index contributed by atoms with van der Waals surface area (Å²) >= 11 is 3.40. The average Bonchev–Trinajstić information content (AvgIpc) is 2.45. The summed E-state index contributed by atoms with van der Waals surface area (Å²) in [6.07, 6.45) is 0.720. The normalized spacial score (nSPS) is 12.4. The van der Waals surface area contributed by atoms with Gasteiger partial charge in [-0.3, -0.25) is 0 Å². The van der Waals surface area contributed by atoms with Crippen molar-refractivity contribution in [3.63, 3.8) is 0 Å². The lowest BCUT2D eigenvalue weighted by Gasteiger charge is -2.19. The highest BCUT2D eigenvalue weighted by molar-refractivity contribution is 9.10. The molecule has 0 radical (unpaired) electrons. The van der Waals surface area contributed by atoms with Gasteiger partial charge >= 0.3 is 0 Å². The highest BCUT2D eigenvalue weighted by Crippen LogP contribution is 2.26. The van der Waals surface area contributed by atoms with Crippen LogP contribution in [0.5, 0.6) is 0 Å². The van der Waals surface area contributed by atoms with Gasteiger partial charge in [-0.25, -0.2) is 8.78 Å². The van der Waals surface area contributed by atoms with Crippen molar-refractivity contribution >= 4 is 15.9 Å². The molecule has 1 unspecified atom stereocenters. The van der Waals surface area contributed by atoms with Crippen LogP contribution < -0.4 is 5.32 Å². The number of likely N-dealkylation sites (N-methyl/N-ethyl adjacent to an activating group) is 1. The molecule has 2 rings (SSSR count). The molecule has 0 bridgehead atoms. The quantitative estimate of drug-likeness (QED) is 0.795. The molecular formula is C17H18BrF2N. The zero-order chi connectivity index (χ0) is 15.2. The van der Waals surface area contributed by atoms with Crippen LogP contribution in [0.4, 0.5) is 8.78 Å². The monoisotopic (exact) mass is 353 g/mol. The van der Waals surface area contributed by atoms with Gasteiger partial charge in [-0.05, 0) is 48.4 Å². The molecule has 0 aromatic heterocycles. The van der Waals surface area contributed by atoms with Crippen LogP contribution in [0, 0.1) is 11.6 Å². The van der Waals surface area contributed by atoms with Crippen LogP contribution in [0.1, 0.15) is 24.0 Å². The average molecular weight is 354 g/mol. The molecule has 0 spiro atoms. The van der Waals surface area contributed by atoms with E-state index in [2.05, 4.69) is 21.2 Å². The van der Waals surface area contributed by atoms with E-state index in [0.29, 0.717) is 0 Å². The maximum Gasteiger partial charge on any atom is 0.124 e. The van der Waals surface area contributed by atoms with Gasteiger partial charge in [-0.1, -0.05) is 41.1 Å². The molecule has 0 aliphatic heterocycles. The molecule has 0 fully saturated rings. The molecule has 0 aliphatic rings. The Kier molecular flexibility index (Phi) is 5.88. The lowest BCUT2D eigenvalue weighted by molar-refractivity contribution is 0.580. The third kappa shape index (κ3) is 4.61. The van der Waals surface area contributed by atoms with Crippen LogP contribution in [0.3, 0.4) is 0 Å². The van der Waals surface area contributed by atoms with E-state index in [1.807, 2.05) is 13.0 Å². The molecule has 4 heteroatoms. The summed E-state index contributed by atoms with van der Waals surface area (Å²) in [4.78, 5) is 0. The Hall–Kier alpha value is -1.26. The molecule has 21 heavy (non-hydrogen) atoms. The van der Waals surface area contributed by atoms with Crippen LogP contribution in [0.15, 0.2) is 46.9 Å². The van der Waals surface area contributed by atoms with E-state index >= 15 is 0 Å². The second kappa shape index (κ2) is 7.66. The summed E-state index contributed by atoms with van der Waals surface area (Å²) in [5, 5.41) is 3.31. The van der Waals surface area contributed by atoms with Crippen LogP contribution >= 0.6 is 15.9 Å². The minimum Gasteiger partial charge on any atom is -0.316 e. The Morgan fingerprint density at radius 1 is 1.10 bits per heavy atom. The van der Waals surface area contributed by atoms with Gasteiger partial charge in [0.05, 0.1) is 0 Å². The second-order valence-corrected chi connectivity index (χ2v) is 5.85. The zero-order valence-electron chi connectivity index (χ0n) is 11.9. The Bertz CT molecular complexity index is 601. The summed E-state index contributed by atoms with van der Waals surface area (Å²) in [5.41, 5.74) is 1.97. The molecule has 1 N–H and O–H groups in total. The molecule has 0 aliphatic carbocycles. The number of hydrogen-bond donors (Lipinski definition) is 1. The zero-order valence-corrected chi connectivity index (χ0v) is 13.5. The fraction of sp³-hybridized carbons (Fsp3) is 0.294. The van der Waals surface area contributed by atoms with Crippen molar-refractivity contribution in [1.29, 1.82) is 0 Å². The van der Waals surface area contributed by atoms with Gasteiger partial charge in [-0.2, -0.15) is 0 Å². The van der Waals surface area contributed by atoms with E-state index in [0.717, 1.165) is 35.1 Å². The van der Waals surface area contributed by atoms with E-state index in [1.54, 1.807) is 18.2 Å². The third-order valence-electron chi connectivity index (χ3n) is 3.44. The molecule has 2 aromatic rings. The number of benzene rings is 2. The van der Waals surface area contributed by atoms with Gasteiger partial charge in [0.15, 0.2) is 0 Å². The standard InChI is InChI=1S/C17H18BrF2N/c1-2-21-11-14(12-4-3-5-15(19)9-12)8-13-6-7-16(20)10-17(13)18/h3-7,9-10,14,21H,2,8,11H2,1H3. The summed E-state index contributed by atoms with van der Waals surface area (Å²) in [6, 6.07) is 11.4. The smallest absolute Gasteiger partial charge is 0.124 e. The topological polar surface area (TPSA) is 12.0 Å². The second-order valence-electron chi connectivity index (χ2n) is 5.00. The lowest BCUT2D eigenvalue weighted by Crippen LogP contribution is -2.23. The van der Waals surface area contributed by atoms with Crippen molar-refractivity contribution in [1.82, 2.24) is 5.32 Å². The van der Waals surface area contributed by atoms with Crippen molar-refractivity contribution in [3.05, 3.63) is 69.7 Å². The number of nitrogens with one attached hydrogen (secondary N) is 1. The van der Waals surface area contributed by atoms with Crippen molar-refractivity contribution in [2.24, 2.45) is 0 Å². The Morgan fingerprint density at radius 3 is 2.52 bits per heavy atom. The fourth-order valence-corrected chi connectivity index (χ4v) is 2.85. The molecule has 112 valence electrons. The number of halogens is 3. The summed E-state index contributed by atoms with van der Waals surface area (Å²) in [6.45, 7) is 3.65. The highest BCUT2D eigenvalue weighted by atomic mass is 79.9. The van der Waals surface area contributed by atoms with Crippen LogP contribution in [0.2, 0.25) is 0 Å². The van der Waals surface area contributed by atoms with Crippen molar-refractivity contribution in [2.45, 2.75) is 19.3 Å². The van der Waals surface area contributed by atoms with Crippen LogP contribution in [-0.4, -0.2) is 13.1 Å². The summed E-state index contributed by atoms with van der Waals surface area (Å²) in [5.74, 6) is -0.353. The van der Waals surface area contributed by atoms with Crippen molar-refractivity contribution in [2.75, 3.05) is 13.1 Å². The molecule has 1 atom stereocenters. The highest BCUT2D eigenvalue weighted by Gasteiger charge is 2.14. The number of hydrogen-bond acceptors (Lipinski definition) is 1. The largest absolute Gasteiger partial charge is 0.316 e. The van der Waals surface area contributed by atoms with E-state index < -0.39 is 0 Å². The molecule has 0 heterocycles. The maximum atomic E-state index is 13.4. The first-order chi connectivity index (χ1) is 10.1. The predicted molar refractivity (Wildman–Crippen MR) is 85.5 cm³/mol. The lowest BCUT2D eigenvalue weighted by atomic mass is 9.91. The van der Waals surface area contributed by atoms with Gasteiger partial charge in [0.25, 0.3) is 0 Å². The fourth-order valence-electron chi connectivity index (χ4n) is 2.34. The first-order valence-corrected chi connectivity index (χ1v) is 7.79. The maximum absolute atomic E-state index is 13.4. The van der Waals surface area contributed by atoms with Gasteiger partial charge in [0.1, 0.15) is 11.6 Å². The predicted octanol–water partition coefficient (Wildman–Crippen LogP) is 4.66. The molecule has 1 nitrogen and oxygen atoms in total. The molecule has 0 saturated carbocycles. The van der Waals surface area contributed by atoms with Gasteiger partial charge in [-0.15, -0.1) is 0 Å². The summed E-state index contributed by atoms with van der Waals surface area (Å²) < 4.78 is 27.4. The SMILES string of the molecule is CCNCC(Cc1ccc(F)cc1Br)c1cccc(F)c1. The van der Waals surface area contributed by atoms with Crippen LogP contribution in [0.25, 0.3) is 0 Å². The van der Waals surface area contributed by atoms with E-state index in [9.17, 15) is 8.78 Å². The van der Waals surface area contributed by atoms with Gasteiger partial charge in [0.2, 0.25) is 0 Å². The minimum absolute atomic E-state index is 0.141. The Balaban J connectivity index is 2.23. The first-order valence-electron chi connectivity index (χ1n) is 7.00. The molecule has 2 aromatic carbocycles. The first kappa shape index (κ1) is 16.1. The van der Waals surface area contributed by atoms with E-state index in [-0.39, 0.29) is 17.6 Å². The number of rotatable bonds is 6. The van der Waals surface area contributed by atoms with Gasteiger partial charge in [0, 0.05) is 16.9 Å². The Morgan fingerprint density at radius 2 is 1.86 bits per heavy atom. The molecular weight excluding hydrogens is 336 g/mol. The minimum atomic E-state index is -0.264. The molecule has 0 saturated heterocycles. The van der Waals surface area contributed by atoms with Crippen molar-refractivity contribution in [3.8, 4) is 0 Å². The van der Waals surface area contributed by atoms with E-state index in [1.165, 1.54) is 18.2 Å². The van der Waals surface area contributed by atoms with Crippen LogP contribution in [-0.2, 0) is 6.42 Å². The van der Waals surface area contributed by atoms with Gasteiger partial charge < -0.3 is 5.32 Å². The molecule has 0 amide bonds. The van der Waals surface area contributed by atoms with Crippen molar-refractivity contribution < 1.29 is 8.78 Å². The summed E-state index contributed by atoms with van der Waals surface area (Å²) in [7, 11) is 0. The Labute approximate surface area is 132 Å².